The van der Waals surface area contributed by atoms with Gasteiger partial charge in [0.2, 0.25) is 5.91 Å². The Balaban J connectivity index is 2.08. The molecule has 4 nitrogen and oxygen atoms in total. The molecule has 0 spiro atoms. The van der Waals surface area contributed by atoms with Crippen molar-refractivity contribution in [2.45, 2.75) is 39.7 Å². The highest BCUT2D eigenvalue weighted by molar-refractivity contribution is 5.78. The van der Waals surface area contributed by atoms with Gasteiger partial charge in [0.1, 0.15) is 0 Å². The third-order valence-corrected chi connectivity index (χ3v) is 2.62. The summed E-state index contributed by atoms with van der Waals surface area (Å²) < 4.78 is 2.02. The molecule has 0 bridgehead atoms. The number of aryl methyl sites for hydroxylation is 1. The van der Waals surface area contributed by atoms with Crippen LogP contribution in [-0.4, -0.2) is 22.0 Å². The van der Waals surface area contributed by atoms with E-state index in [1.807, 2.05) is 17.7 Å². The Morgan fingerprint density at radius 2 is 2.38 bits per heavy atom. The molecule has 0 aromatic carbocycles. The van der Waals surface area contributed by atoms with E-state index in [0.717, 1.165) is 32.4 Å². The Bertz CT molecular complexity index is 295. The molecule has 0 saturated heterocycles. The maximum absolute atomic E-state index is 11.6. The smallest absolute Gasteiger partial charge is 0.222 e. The second kappa shape index (κ2) is 7.04. The molecule has 1 aromatic heterocycles. The third-order valence-electron chi connectivity index (χ3n) is 2.62. The second-order valence-electron chi connectivity index (χ2n) is 4.13. The minimum atomic E-state index is 0.137. The fraction of sp³-hybridized carbons (Fsp3) is 0.667. The zero-order valence-corrected chi connectivity index (χ0v) is 10.1. The normalized spacial score (nSPS) is 12.4. The van der Waals surface area contributed by atoms with Crippen molar-refractivity contribution in [3.05, 3.63) is 18.7 Å². The van der Waals surface area contributed by atoms with Crippen molar-refractivity contribution in [3.8, 4) is 0 Å². The average Bonchev–Trinajstić information content (AvgIpc) is 2.77. The van der Waals surface area contributed by atoms with Gasteiger partial charge < -0.3 is 9.88 Å². The van der Waals surface area contributed by atoms with E-state index in [9.17, 15) is 4.79 Å². The van der Waals surface area contributed by atoms with Gasteiger partial charge in [-0.15, -0.1) is 0 Å². The van der Waals surface area contributed by atoms with Gasteiger partial charge in [0.05, 0.1) is 6.33 Å². The SMILES string of the molecule is CCC[C@H](C)C(=O)NCCCn1ccnc1. The molecule has 1 aromatic rings. The van der Waals surface area contributed by atoms with Crippen molar-refractivity contribution in [2.75, 3.05) is 6.54 Å². The lowest BCUT2D eigenvalue weighted by Crippen LogP contribution is -2.30. The van der Waals surface area contributed by atoms with E-state index in [4.69, 9.17) is 0 Å². The highest BCUT2D eigenvalue weighted by atomic mass is 16.1. The summed E-state index contributed by atoms with van der Waals surface area (Å²) >= 11 is 0. The van der Waals surface area contributed by atoms with Gasteiger partial charge in [-0.2, -0.15) is 0 Å². The van der Waals surface area contributed by atoms with Gasteiger partial charge in [0.25, 0.3) is 0 Å². The summed E-state index contributed by atoms with van der Waals surface area (Å²) in [6.07, 6.45) is 8.46. The molecule has 0 fully saturated rings. The minimum absolute atomic E-state index is 0.137. The number of amides is 1. The average molecular weight is 223 g/mol. The van der Waals surface area contributed by atoms with E-state index in [2.05, 4.69) is 17.2 Å². The summed E-state index contributed by atoms with van der Waals surface area (Å²) in [5.41, 5.74) is 0. The van der Waals surface area contributed by atoms with E-state index in [1.165, 1.54) is 0 Å². The molecule has 0 aliphatic heterocycles. The van der Waals surface area contributed by atoms with Crippen LogP contribution in [0.5, 0.6) is 0 Å². The number of carbonyl (C=O) groups excluding carboxylic acids is 1. The largest absolute Gasteiger partial charge is 0.356 e. The van der Waals surface area contributed by atoms with Crippen molar-refractivity contribution in [2.24, 2.45) is 5.92 Å². The summed E-state index contributed by atoms with van der Waals surface area (Å²) in [6.45, 7) is 5.73. The Morgan fingerprint density at radius 1 is 1.56 bits per heavy atom. The Kier molecular flexibility index (Phi) is 5.61. The molecule has 0 radical (unpaired) electrons. The minimum Gasteiger partial charge on any atom is -0.356 e. The van der Waals surface area contributed by atoms with Crippen LogP contribution < -0.4 is 5.32 Å². The monoisotopic (exact) mass is 223 g/mol. The molecule has 1 amide bonds. The molecule has 4 heteroatoms. The number of hydrogen-bond acceptors (Lipinski definition) is 2. The number of nitrogens with one attached hydrogen (secondary N) is 1. The topological polar surface area (TPSA) is 46.9 Å². The Morgan fingerprint density at radius 3 is 3.00 bits per heavy atom. The zero-order chi connectivity index (χ0) is 11.8. The van der Waals surface area contributed by atoms with E-state index in [0.29, 0.717) is 0 Å². The molecule has 0 unspecified atom stereocenters. The molecule has 1 atom stereocenters. The quantitative estimate of drug-likeness (QED) is 0.717. The first-order valence-corrected chi connectivity index (χ1v) is 5.97. The van der Waals surface area contributed by atoms with Crippen LogP contribution in [-0.2, 0) is 11.3 Å². The number of hydrogen-bond donors (Lipinski definition) is 1. The van der Waals surface area contributed by atoms with Crippen molar-refractivity contribution < 1.29 is 4.79 Å². The molecule has 0 saturated carbocycles. The van der Waals surface area contributed by atoms with Gasteiger partial charge in [0.15, 0.2) is 0 Å². The lowest BCUT2D eigenvalue weighted by Gasteiger charge is -2.10. The van der Waals surface area contributed by atoms with Crippen LogP contribution in [0, 0.1) is 5.92 Å². The van der Waals surface area contributed by atoms with Crippen molar-refractivity contribution in [1.82, 2.24) is 14.9 Å². The van der Waals surface area contributed by atoms with Crippen LogP contribution >= 0.6 is 0 Å². The van der Waals surface area contributed by atoms with E-state index in [1.54, 1.807) is 12.5 Å². The predicted octanol–water partition coefficient (Wildman–Crippen LogP) is 1.83. The standard InChI is InChI=1S/C12H21N3O/c1-3-5-11(2)12(16)14-6-4-8-15-9-7-13-10-15/h7,9-11H,3-6,8H2,1-2H3,(H,14,16)/t11-/m0/s1. The first kappa shape index (κ1) is 12.7. The van der Waals surface area contributed by atoms with E-state index >= 15 is 0 Å². The van der Waals surface area contributed by atoms with Crippen LogP contribution in [0.4, 0.5) is 0 Å². The fourth-order valence-corrected chi connectivity index (χ4v) is 1.63. The van der Waals surface area contributed by atoms with Crippen LogP contribution in [0.1, 0.15) is 33.1 Å². The summed E-state index contributed by atoms with van der Waals surface area (Å²) in [7, 11) is 0. The number of imidazole rings is 1. The summed E-state index contributed by atoms with van der Waals surface area (Å²) in [4.78, 5) is 15.5. The molecular weight excluding hydrogens is 202 g/mol. The molecule has 1 heterocycles. The maximum atomic E-state index is 11.6. The molecule has 90 valence electrons. The molecule has 16 heavy (non-hydrogen) atoms. The van der Waals surface area contributed by atoms with Crippen LogP contribution in [0.15, 0.2) is 18.7 Å². The van der Waals surface area contributed by atoms with Gasteiger partial charge >= 0.3 is 0 Å². The molecule has 0 aliphatic carbocycles. The van der Waals surface area contributed by atoms with Crippen LogP contribution in [0.3, 0.4) is 0 Å². The Labute approximate surface area is 97.1 Å². The fourth-order valence-electron chi connectivity index (χ4n) is 1.63. The molecular formula is C12H21N3O. The number of carbonyl (C=O) groups is 1. The lowest BCUT2D eigenvalue weighted by atomic mass is 10.1. The lowest BCUT2D eigenvalue weighted by molar-refractivity contribution is -0.124. The summed E-state index contributed by atoms with van der Waals surface area (Å²) in [5, 5.41) is 2.96. The second-order valence-corrected chi connectivity index (χ2v) is 4.13. The molecule has 0 aliphatic rings. The highest BCUT2D eigenvalue weighted by Gasteiger charge is 2.10. The van der Waals surface area contributed by atoms with Crippen molar-refractivity contribution >= 4 is 5.91 Å². The maximum Gasteiger partial charge on any atom is 0.222 e. The number of nitrogens with zero attached hydrogens (tertiary/aromatic N) is 2. The third kappa shape index (κ3) is 4.47. The van der Waals surface area contributed by atoms with Crippen molar-refractivity contribution in [3.63, 3.8) is 0 Å². The zero-order valence-electron chi connectivity index (χ0n) is 10.1. The van der Waals surface area contributed by atoms with Gasteiger partial charge in [-0.25, -0.2) is 4.98 Å². The van der Waals surface area contributed by atoms with Crippen LogP contribution in [0.2, 0.25) is 0 Å². The summed E-state index contributed by atoms with van der Waals surface area (Å²) in [6, 6.07) is 0. The van der Waals surface area contributed by atoms with Gasteiger partial charge in [-0.3, -0.25) is 4.79 Å². The number of aromatic nitrogens is 2. The van der Waals surface area contributed by atoms with E-state index in [-0.39, 0.29) is 11.8 Å². The highest BCUT2D eigenvalue weighted by Crippen LogP contribution is 2.04. The first-order valence-electron chi connectivity index (χ1n) is 5.97. The van der Waals surface area contributed by atoms with Gasteiger partial charge in [0, 0.05) is 31.4 Å². The molecule has 1 rings (SSSR count). The van der Waals surface area contributed by atoms with Gasteiger partial charge in [-0.05, 0) is 12.8 Å². The van der Waals surface area contributed by atoms with Crippen LogP contribution in [0.25, 0.3) is 0 Å². The molecule has 1 N–H and O–H groups in total. The number of rotatable bonds is 7. The summed E-state index contributed by atoms with van der Waals surface area (Å²) in [5.74, 6) is 0.311. The van der Waals surface area contributed by atoms with Crippen molar-refractivity contribution in [1.29, 1.82) is 0 Å². The predicted molar refractivity (Wildman–Crippen MR) is 63.9 cm³/mol. The Hall–Kier alpha value is -1.32. The van der Waals surface area contributed by atoms with E-state index < -0.39 is 0 Å². The van der Waals surface area contributed by atoms with Gasteiger partial charge in [-0.1, -0.05) is 20.3 Å². The first-order chi connectivity index (χ1) is 7.74.